The fourth-order valence-corrected chi connectivity index (χ4v) is 3.62. The molecule has 1 N–H and O–H groups in total. The lowest BCUT2D eigenvalue weighted by Gasteiger charge is -2.34. The maximum absolute atomic E-state index is 6.31. The molecule has 0 saturated carbocycles. The second kappa shape index (κ2) is 6.01. The summed E-state index contributed by atoms with van der Waals surface area (Å²) in [5.41, 5.74) is 1.11. The standard InChI is InChI=1S/C14H16ClN3S/c15-14-11(3-1-5-17-14)13(12-4-2-10-19-12)18-8-6-16-7-9-18/h1-5,10,13,16H,6-9H2/t13-/m1/s1. The van der Waals surface area contributed by atoms with E-state index in [1.165, 1.54) is 4.88 Å². The van der Waals surface area contributed by atoms with E-state index in [4.69, 9.17) is 11.6 Å². The zero-order valence-corrected chi connectivity index (χ0v) is 12.1. The minimum atomic E-state index is 0.225. The number of thiophene rings is 1. The minimum absolute atomic E-state index is 0.225. The van der Waals surface area contributed by atoms with E-state index in [9.17, 15) is 0 Å². The second-order valence-electron chi connectivity index (χ2n) is 4.59. The van der Waals surface area contributed by atoms with Crippen LogP contribution in [0.15, 0.2) is 35.8 Å². The molecule has 3 nitrogen and oxygen atoms in total. The van der Waals surface area contributed by atoms with Crippen LogP contribution in [0.3, 0.4) is 0 Å². The second-order valence-corrected chi connectivity index (χ2v) is 5.92. The molecule has 2 aromatic heterocycles. The molecule has 1 fully saturated rings. The van der Waals surface area contributed by atoms with Crippen LogP contribution in [-0.2, 0) is 0 Å². The van der Waals surface area contributed by atoms with Crippen LogP contribution in [0.2, 0.25) is 5.15 Å². The van der Waals surface area contributed by atoms with Gasteiger partial charge in [0, 0.05) is 42.8 Å². The first kappa shape index (κ1) is 13.1. The number of pyridine rings is 1. The van der Waals surface area contributed by atoms with E-state index in [0.29, 0.717) is 5.15 Å². The van der Waals surface area contributed by atoms with E-state index >= 15 is 0 Å². The summed E-state index contributed by atoms with van der Waals surface area (Å²) in [6.07, 6.45) is 1.75. The van der Waals surface area contributed by atoms with E-state index in [1.807, 2.05) is 6.07 Å². The molecule has 3 heterocycles. The topological polar surface area (TPSA) is 28.2 Å². The van der Waals surface area contributed by atoms with Gasteiger partial charge in [-0.25, -0.2) is 4.98 Å². The Morgan fingerprint density at radius 1 is 1.26 bits per heavy atom. The molecule has 0 bridgehead atoms. The highest BCUT2D eigenvalue weighted by Gasteiger charge is 2.26. The average Bonchev–Trinajstić information content (AvgIpc) is 2.96. The van der Waals surface area contributed by atoms with Crippen molar-refractivity contribution in [2.75, 3.05) is 26.2 Å². The predicted molar refractivity (Wildman–Crippen MR) is 79.9 cm³/mol. The van der Waals surface area contributed by atoms with Crippen LogP contribution in [0.25, 0.3) is 0 Å². The quantitative estimate of drug-likeness (QED) is 0.882. The van der Waals surface area contributed by atoms with Gasteiger partial charge in [0.1, 0.15) is 5.15 Å². The number of rotatable bonds is 3. The van der Waals surface area contributed by atoms with Gasteiger partial charge in [0.25, 0.3) is 0 Å². The molecule has 1 atom stereocenters. The molecular formula is C14H16ClN3S. The molecule has 5 heteroatoms. The van der Waals surface area contributed by atoms with E-state index in [1.54, 1.807) is 17.5 Å². The molecule has 0 spiro atoms. The number of piperazine rings is 1. The highest BCUT2D eigenvalue weighted by Crippen LogP contribution is 2.34. The van der Waals surface area contributed by atoms with E-state index in [-0.39, 0.29) is 6.04 Å². The van der Waals surface area contributed by atoms with Crippen molar-refractivity contribution in [3.05, 3.63) is 51.4 Å². The number of aromatic nitrogens is 1. The zero-order valence-electron chi connectivity index (χ0n) is 10.6. The summed E-state index contributed by atoms with van der Waals surface area (Å²) in [7, 11) is 0. The van der Waals surface area contributed by atoms with Gasteiger partial charge < -0.3 is 5.32 Å². The normalized spacial score (nSPS) is 18.4. The predicted octanol–water partition coefficient (Wildman–Crippen LogP) is 2.79. The first-order valence-corrected chi connectivity index (χ1v) is 7.70. The first-order valence-electron chi connectivity index (χ1n) is 6.45. The first-order chi connectivity index (χ1) is 9.36. The molecule has 0 unspecified atom stereocenters. The molecule has 0 aliphatic carbocycles. The lowest BCUT2D eigenvalue weighted by Crippen LogP contribution is -2.45. The summed E-state index contributed by atoms with van der Waals surface area (Å²) in [5.74, 6) is 0. The van der Waals surface area contributed by atoms with Crippen molar-refractivity contribution < 1.29 is 0 Å². The third kappa shape index (κ3) is 2.82. The van der Waals surface area contributed by atoms with Crippen molar-refractivity contribution in [3.63, 3.8) is 0 Å². The van der Waals surface area contributed by atoms with E-state index < -0.39 is 0 Å². The summed E-state index contributed by atoms with van der Waals surface area (Å²) in [6, 6.07) is 8.55. The fourth-order valence-electron chi connectivity index (χ4n) is 2.52. The number of nitrogens with one attached hydrogen (secondary N) is 1. The van der Waals surface area contributed by atoms with Crippen molar-refractivity contribution in [1.82, 2.24) is 15.2 Å². The molecule has 19 heavy (non-hydrogen) atoms. The minimum Gasteiger partial charge on any atom is -0.314 e. The van der Waals surface area contributed by atoms with Gasteiger partial charge in [0.05, 0.1) is 6.04 Å². The largest absolute Gasteiger partial charge is 0.314 e. The van der Waals surface area contributed by atoms with Gasteiger partial charge in [0.15, 0.2) is 0 Å². The molecule has 2 aromatic rings. The smallest absolute Gasteiger partial charge is 0.134 e. The Morgan fingerprint density at radius 3 is 2.79 bits per heavy atom. The summed E-state index contributed by atoms with van der Waals surface area (Å²) >= 11 is 8.09. The number of hydrogen-bond acceptors (Lipinski definition) is 4. The Hall–Kier alpha value is -0.940. The van der Waals surface area contributed by atoms with E-state index in [0.717, 1.165) is 31.7 Å². The zero-order chi connectivity index (χ0) is 13.1. The van der Waals surface area contributed by atoms with Crippen molar-refractivity contribution in [3.8, 4) is 0 Å². The van der Waals surface area contributed by atoms with Gasteiger partial charge in [-0.05, 0) is 17.5 Å². The van der Waals surface area contributed by atoms with Gasteiger partial charge in [-0.3, -0.25) is 4.90 Å². The summed E-state index contributed by atoms with van der Waals surface area (Å²) in [6.45, 7) is 4.13. The lowest BCUT2D eigenvalue weighted by molar-refractivity contribution is 0.200. The number of halogens is 1. The van der Waals surface area contributed by atoms with Gasteiger partial charge in [-0.2, -0.15) is 0 Å². The highest BCUT2D eigenvalue weighted by molar-refractivity contribution is 7.10. The lowest BCUT2D eigenvalue weighted by atomic mass is 10.0. The third-order valence-electron chi connectivity index (χ3n) is 3.41. The van der Waals surface area contributed by atoms with Crippen molar-refractivity contribution in [2.24, 2.45) is 0 Å². The van der Waals surface area contributed by atoms with Crippen LogP contribution in [0.1, 0.15) is 16.5 Å². The fraction of sp³-hybridized carbons (Fsp3) is 0.357. The maximum Gasteiger partial charge on any atom is 0.134 e. The van der Waals surface area contributed by atoms with Gasteiger partial charge in [-0.15, -0.1) is 11.3 Å². The molecule has 1 aliphatic rings. The van der Waals surface area contributed by atoms with E-state index in [2.05, 4.69) is 38.8 Å². The van der Waals surface area contributed by atoms with Crippen LogP contribution in [0.4, 0.5) is 0 Å². The van der Waals surface area contributed by atoms with Crippen LogP contribution in [0, 0.1) is 0 Å². The summed E-state index contributed by atoms with van der Waals surface area (Å²) in [5, 5.41) is 6.12. The SMILES string of the molecule is Clc1ncccc1[C@H](c1cccs1)N1CCNCC1. The van der Waals surface area contributed by atoms with Crippen LogP contribution < -0.4 is 5.32 Å². The Balaban J connectivity index is 1.99. The molecular weight excluding hydrogens is 278 g/mol. The number of nitrogens with zero attached hydrogens (tertiary/aromatic N) is 2. The molecule has 3 rings (SSSR count). The average molecular weight is 294 g/mol. The number of hydrogen-bond donors (Lipinski definition) is 1. The summed E-state index contributed by atoms with van der Waals surface area (Å²) in [4.78, 5) is 8.04. The monoisotopic (exact) mass is 293 g/mol. The molecule has 1 aliphatic heterocycles. The van der Waals surface area contributed by atoms with Crippen LogP contribution in [0.5, 0.6) is 0 Å². The van der Waals surface area contributed by atoms with Gasteiger partial charge in [-0.1, -0.05) is 23.7 Å². The molecule has 0 radical (unpaired) electrons. The molecule has 0 aromatic carbocycles. The molecule has 0 amide bonds. The van der Waals surface area contributed by atoms with Crippen molar-refractivity contribution >= 4 is 22.9 Å². The van der Waals surface area contributed by atoms with Gasteiger partial charge in [0.2, 0.25) is 0 Å². The maximum atomic E-state index is 6.31. The van der Waals surface area contributed by atoms with Crippen molar-refractivity contribution in [2.45, 2.75) is 6.04 Å². The van der Waals surface area contributed by atoms with Crippen molar-refractivity contribution in [1.29, 1.82) is 0 Å². The summed E-state index contributed by atoms with van der Waals surface area (Å²) < 4.78 is 0. The van der Waals surface area contributed by atoms with Crippen LogP contribution >= 0.6 is 22.9 Å². The van der Waals surface area contributed by atoms with Crippen LogP contribution in [-0.4, -0.2) is 36.1 Å². The Bertz CT molecular complexity index is 523. The highest BCUT2D eigenvalue weighted by atomic mass is 35.5. The van der Waals surface area contributed by atoms with Gasteiger partial charge >= 0.3 is 0 Å². The Morgan fingerprint density at radius 2 is 2.11 bits per heavy atom. The Labute approximate surface area is 122 Å². The Kier molecular flexibility index (Phi) is 4.13. The molecule has 100 valence electrons. The third-order valence-corrected chi connectivity index (χ3v) is 4.65. The molecule has 1 saturated heterocycles.